The van der Waals surface area contributed by atoms with Crippen LogP contribution in [0.3, 0.4) is 0 Å². The first kappa shape index (κ1) is 70.6. The van der Waals surface area contributed by atoms with Gasteiger partial charge in [-0.15, -0.1) is 0 Å². The summed E-state index contributed by atoms with van der Waals surface area (Å²) < 4.78 is 5.50. The predicted molar refractivity (Wildman–Crippen MR) is 315 cm³/mol. The first-order valence-corrected chi connectivity index (χ1v) is 32.9. The number of hydrogen-bond acceptors (Lipinski definition) is 5. The van der Waals surface area contributed by atoms with E-state index in [2.05, 4.69) is 31.3 Å². The van der Waals surface area contributed by atoms with Gasteiger partial charge in [-0.25, -0.2) is 0 Å². The van der Waals surface area contributed by atoms with Gasteiger partial charge in [-0.2, -0.15) is 0 Å². The lowest BCUT2D eigenvalue weighted by Gasteiger charge is -2.22. The molecule has 0 spiro atoms. The second-order valence-corrected chi connectivity index (χ2v) is 22.8. The van der Waals surface area contributed by atoms with Gasteiger partial charge in [0.25, 0.3) is 0 Å². The van der Waals surface area contributed by atoms with Gasteiger partial charge in [0.1, 0.15) is 0 Å². The van der Waals surface area contributed by atoms with Gasteiger partial charge in [0.15, 0.2) is 0 Å². The summed E-state index contributed by atoms with van der Waals surface area (Å²) in [6.45, 7) is 4.98. The van der Waals surface area contributed by atoms with Gasteiger partial charge in [-0.1, -0.05) is 321 Å². The Labute approximate surface area is 450 Å². The Balaban J connectivity index is 3.38. The average molecular weight is 1020 g/mol. The summed E-state index contributed by atoms with van der Waals surface area (Å²) in [6.07, 6.45) is 75.1. The number of rotatable bonds is 62. The molecular weight excluding hydrogens is 887 g/mol. The van der Waals surface area contributed by atoms with E-state index in [1.165, 1.54) is 295 Å². The molecule has 2 unspecified atom stereocenters. The van der Waals surface area contributed by atoms with Crippen molar-refractivity contribution in [2.75, 3.05) is 13.2 Å². The molecule has 0 rings (SSSR count). The summed E-state index contributed by atoms with van der Waals surface area (Å²) in [6, 6.07) is -0.543. The molecule has 0 saturated carbocycles. The fourth-order valence-corrected chi connectivity index (χ4v) is 10.5. The third kappa shape index (κ3) is 57.9. The molecule has 6 heteroatoms. The maximum Gasteiger partial charge on any atom is 0.305 e. The Morgan fingerprint density at radius 3 is 0.986 bits per heavy atom. The molecule has 428 valence electrons. The zero-order valence-electron chi connectivity index (χ0n) is 48.9. The Hall–Kier alpha value is -1.40. The Kier molecular flexibility index (Phi) is 60.9. The number of aliphatic hydroxyl groups excluding tert-OH is 2. The molecule has 0 aliphatic carbocycles. The number of amides is 1. The highest BCUT2D eigenvalue weighted by Crippen LogP contribution is 2.19. The first-order chi connectivity index (χ1) is 35.5. The van der Waals surface area contributed by atoms with Crippen LogP contribution >= 0.6 is 0 Å². The molecule has 3 N–H and O–H groups in total. The van der Waals surface area contributed by atoms with Crippen molar-refractivity contribution >= 4 is 11.9 Å². The molecule has 6 nitrogen and oxygen atoms in total. The van der Waals surface area contributed by atoms with Crippen molar-refractivity contribution in [1.82, 2.24) is 5.32 Å². The molecule has 0 saturated heterocycles. The Morgan fingerprint density at radius 2 is 0.653 bits per heavy atom. The van der Waals surface area contributed by atoms with Crippen LogP contribution in [0.1, 0.15) is 373 Å². The number of aliphatic hydroxyl groups is 2. The number of ether oxygens (including phenoxy) is 1. The van der Waals surface area contributed by atoms with E-state index >= 15 is 0 Å². The van der Waals surface area contributed by atoms with E-state index in [1.807, 2.05) is 0 Å². The average Bonchev–Trinajstić information content (AvgIpc) is 3.38. The van der Waals surface area contributed by atoms with Crippen LogP contribution in [-0.4, -0.2) is 47.4 Å². The predicted octanol–water partition coefficient (Wildman–Crippen LogP) is 20.8. The molecule has 0 fully saturated rings. The molecule has 0 bridgehead atoms. The van der Waals surface area contributed by atoms with E-state index in [0.29, 0.717) is 25.9 Å². The number of nitrogens with one attached hydrogen (secondary N) is 1. The number of allylic oxidation sites excluding steroid dienone is 2. The SMILES string of the molecule is CCCCCCCC/C=C\CCCCCCCCCC(=O)OCCCCCCCCCCCCCCCCCCCCCCC(=O)NC(CO)C(O)CCCCCCCCCCCCCCCCCCCC. The van der Waals surface area contributed by atoms with Gasteiger partial charge in [-0.05, 0) is 51.4 Å². The van der Waals surface area contributed by atoms with Crippen LogP contribution in [0, 0.1) is 0 Å². The molecule has 0 heterocycles. The zero-order chi connectivity index (χ0) is 52.2. The van der Waals surface area contributed by atoms with Crippen molar-refractivity contribution in [3.05, 3.63) is 12.2 Å². The molecule has 0 aromatic rings. The second kappa shape index (κ2) is 62.1. The van der Waals surface area contributed by atoms with Gasteiger partial charge in [-0.3, -0.25) is 9.59 Å². The Bertz CT molecular complexity index is 1080. The van der Waals surface area contributed by atoms with Gasteiger partial charge >= 0.3 is 5.97 Å². The summed E-state index contributed by atoms with van der Waals surface area (Å²) >= 11 is 0. The van der Waals surface area contributed by atoms with Crippen molar-refractivity contribution in [3.63, 3.8) is 0 Å². The summed E-state index contributed by atoms with van der Waals surface area (Å²) in [4.78, 5) is 24.6. The Morgan fingerprint density at radius 1 is 0.375 bits per heavy atom. The topological polar surface area (TPSA) is 95.9 Å². The van der Waals surface area contributed by atoms with E-state index in [-0.39, 0.29) is 18.5 Å². The number of unbranched alkanes of at least 4 members (excludes halogenated alkanes) is 49. The van der Waals surface area contributed by atoms with E-state index in [4.69, 9.17) is 4.74 Å². The maximum atomic E-state index is 12.5. The fraction of sp³-hybridized carbons (Fsp3) is 0.939. The molecule has 0 aliphatic heterocycles. The number of esters is 1. The van der Waals surface area contributed by atoms with Gasteiger partial charge in [0.05, 0.1) is 25.4 Å². The smallest absolute Gasteiger partial charge is 0.305 e. The van der Waals surface area contributed by atoms with Crippen molar-refractivity contribution in [3.8, 4) is 0 Å². The summed E-state index contributed by atoms with van der Waals surface area (Å²) in [7, 11) is 0. The third-order valence-corrected chi connectivity index (χ3v) is 15.6. The van der Waals surface area contributed by atoms with Gasteiger partial charge in [0.2, 0.25) is 5.91 Å². The minimum atomic E-state index is -0.665. The van der Waals surface area contributed by atoms with Crippen molar-refractivity contribution in [1.29, 1.82) is 0 Å². The van der Waals surface area contributed by atoms with Crippen molar-refractivity contribution in [2.45, 2.75) is 386 Å². The largest absolute Gasteiger partial charge is 0.466 e. The van der Waals surface area contributed by atoms with E-state index in [1.54, 1.807) is 0 Å². The molecular formula is C66H129NO5. The van der Waals surface area contributed by atoms with Crippen LogP contribution in [0.5, 0.6) is 0 Å². The standard InChI is InChI=1S/C66H129NO5/c1-3-5-7-9-11-13-15-17-19-21-27-30-34-38-42-46-50-54-58-64(69)63(62-68)67-65(70)59-55-51-47-43-39-35-31-28-24-22-23-25-29-33-37-41-45-49-53-57-61-72-66(71)60-56-52-48-44-40-36-32-26-20-18-16-14-12-10-8-6-4-2/h18,20,63-64,68-69H,3-17,19,21-62H2,1-2H3,(H,67,70)/b20-18-. The van der Waals surface area contributed by atoms with Crippen LogP contribution in [-0.2, 0) is 14.3 Å². The second-order valence-electron chi connectivity index (χ2n) is 22.8. The summed E-state index contributed by atoms with van der Waals surface area (Å²) in [5.41, 5.74) is 0. The molecule has 0 radical (unpaired) electrons. The summed E-state index contributed by atoms with van der Waals surface area (Å²) in [5, 5.41) is 23.4. The molecule has 0 aromatic heterocycles. The van der Waals surface area contributed by atoms with Gasteiger partial charge in [0, 0.05) is 12.8 Å². The molecule has 0 aromatic carbocycles. The van der Waals surface area contributed by atoms with Crippen LogP contribution in [0.4, 0.5) is 0 Å². The van der Waals surface area contributed by atoms with Crippen molar-refractivity contribution in [2.24, 2.45) is 0 Å². The van der Waals surface area contributed by atoms with Crippen LogP contribution < -0.4 is 5.32 Å². The third-order valence-electron chi connectivity index (χ3n) is 15.6. The fourth-order valence-electron chi connectivity index (χ4n) is 10.5. The van der Waals surface area contributed by atoms with Crippen LogP contribution in [0.25, 0.3) is 0 Å². The van der Waals surface area contributed by atoms with Crippen molar-refractivity contribution < 1.29 is 24.5 Å². The van der Waals surface area contributed by atoms with Crippen LogP contribution in [0.15, 0.2) is 12.2 Å². The molecule has 0 aliphatic rings. The highest BCUT2D eigenvalue weighted by molar-refractivity contribution is 5.76. The highest BCUT2D eigenvalue weighted by Gasteiger charge is 2.20. The number of hydrogen-bond donors (Lipinski definition) is 3. The zero-order valence-corrected chi connectivity index (χ0v) is 48.9. The molecule has 2 atom stereocenters. The molecule has 1 amide bonds. The van der Waals surface area contributed by atoms with E-state index in [0.717, 1.165) is 44.9 Å². The minimum absolute atomic E-state index is 0.00839. The number of carbonyl (C=O) groups is 2. The maximum absolute atomic E-state index is 12.5. The lowest BCUT2D eigenvalue weighted by Crippen LogP contribution is -2.45. The van der Waals surface area contributed by atoms with E-state index in [9.17, 15) is 19.8 Å². The van der Waals surface area contributed by atoms with Crippen LogP contribution in [0.2, 0.25) is 0 Å². The van der Waals surface area contributed by atoms with Gasteiger partial charge < -0.3 is 20.3 Å². The minimum Gasteiger partial charge on any atom is -0.466 e. The summed E-state index contributed by atoms with van der Waals surface area (Å²) in [5.74, 6) is -0.0247. The quantitative estimate of drug-likeness (QED) is 0.0320. The lowest BCUT2D eigenvalue weighted by atomic mass is 10.0. The first-order valence-electron chi connectivity index (χ1n) is 32.9. The van der Waals surface area contributed by atoms with E-state index < -0.39 is 12.1 Å². The highest BCUT2D eigenvalue weighted by atomic mass is 16.5. The normalized spacial score (nSPS) is 12.6. The monoisotopic (exact) mass is 1020 g/mol. The molecule has 72 heavy (non-hydrogen) atoms. The number of carbonyl (C=O) groups excluding carboxylic acids is 2. The lowest BCUT2D eigenvalue weighted by molar-refractivity contribution is -0.143.